The largest absolute Gasteiger partial charge is 0.490 e. The highest BCUT2D eigenvalue weighted by Crippen LogP contribution is 2.46. The van der Waals surface area contributed by atoms with Gasteiger partial charge in [-0.1, -0.05) is 36.7 Å². The highest BCUT2D eigenvalue weighted by atomic mass is 79.9. The Balaban J connectivity index is 2.58. The number of ether oxygens (including phenoxy) is 2. The van der Waals surface area contributed by atoms with Crippen LogP contribution < -0.4 is 15.2 Å². The molecule has 1 heterocycles. The zero-order valence-corrected chi connectivity index (χ0v) is 14.1. The number of rotatable bonds is 4. The normalized spacial score (nSPS) is 16.1. The molecule has 2 N–H and O–H groups in total. The van der Waals surface area contributed by atoms with Crippen molar-refractivity contribution in [1.29, 1.82) is 0 Å². The summed E-state index contributed by atoms with van der Waals surface area (Å²) in [5.74, 6) is 2.59. The average Bonchev–Trinajstić information content (AvgIpc) is 2.61. The summed E-state index contributed by atoms with van der Waals surface area (Å²) >= 11 is 3.71. The summed E-state index contributed by atoms with van der Waals surface area (Å²) in [4.78, 5) is 0. The van der Waals surface area contributed by atoms with Crippen molar-refractivity contribution in [3.8, 4) is 11.5 Å². The molecule has 0 aliphatic carbocycles. The van der Waals surface area contributed by atoms with Crippen molar-refractivity contribution >= 4 is 15.9 Å². The molecule has 2 rings (SSSR count). The van der Waals surface area contributed by atoms with E-state index in [2.05, 4.69) is 42.8 Å². The van der Waals surface area contributed by atoms with E-state index in [1.807, 2.05) is 0 Å². The highest BCUT2D eigenvalue weighted by molar-refractivity contribution is 9.10. The van der Waals surface area contributed by atoms with Gasteiger partial charge in [0.25, 0.3) is 0 Å². The molecule has 0 spiro atoms. The van der Waals surface area contributed by atoms with E-state index in [1.54, 1.807) is 0 Å². The lowest BCUT2D eigenvalue weighted by Crippen LogP contribution is -2.10. The fourth-order valence-electron chi connectivity index (χ4n) is 2.78. The van der Waals surface area contributed by atoms with Crippen molar-refractivity contribution in [2.75, 3.05) is 19.8 Å². The zero-order valence-electron chi connectivity index (χ0n) is 12.5. The molecule has 0 fully saturated rings. The van der Waals surface area contributed by atoms with Crippen LogP contribution >= 0.6 is 15.9 Å². The lowest BCUT2D eigenvalue weighted by Gasteiger charge is -2.24. The molecule has 1 aliphatic heterocycles. The fourth-order valence-corrected chi connectivity index (χ4v) is 3.59. The van der Waals surface area contributed by atoms with E-state index in [0.29, 0.717) is 25.0 Å². The zero-order chi connectivity index (χ0) is 14.7. The Kier molecular flexibility index (Phi) is 5.33. The fraction of sp³-hybridized carbons (Fsp3) is 0.625. The van der Waals surface area contributed by atoms with Crippen LogP contribution in [0.2, 0.25) is 0 Å². The number of halogens is 1. The van der Waals surface area contributed by atoms with Crippen LogP contribution in [0.25, 0.3) is 0 Å². The molecule has 4 heteroatoms. The number of benzene rings is 1. The van der Waals surface area contributed by atoms with Gasteiger partial charge < -0.3 is 15.2 Å². The van der Waals surface area contributed by atoms with Crippen molar-refractivity contribution in [3.05, 3.63) is 21.7 Å². The predicted octanol–water partition coefficient (Wildman–Crippen LogP) is 4.19. The van der Waals surface area contributed by atoms with Crippen LogP contribution in [-0.2, 0) is 0 Å². The van der Waals surface area contributed by atoms with Crippen LogP contribution in [0.1, 0.15) is 56.6 Å². The Morgan fingerprint density at radius 1 is 1.20 bits per heavy atom. The predicted molar refractivity (Wildman–Crippen MR) is 85.9 cm³/mol. The molecule has 1 atom stereocenters. The van der Waals surface area contributed by atoms with Crippen LogP contribution in [-0.4, -0.2) is 19.8 Å². The van der Waals surface area contributed by atoms with Gasteiger partial charge in [-0.15, -0.1) is 0 Å². The van der Waals surface area contributed by atoms with Gasteiger partial charge >= 0.3 is 0 Å². The maximum Gasteiger partial charge on any atom is 0.164 e. The number of hydrogen-bond acceptors (Lipinski definition) is 3. The number of fused-ring (bicyclic) bond motifs is 1. The summed E-state index contributed by atoms with van der Waals surface area (Å²) in [6, 6.07) is 2.05. The average molecular weight is 342 g/mol. The van der Waals surface area contributed by atoms with Crippen molar-refractivity contribution < 1.29 is 9.47 Å². The van der Waals surface area contributed by atoms with Crippen LogP contribution in [0, 0.1) is 0 Å². The molecule has 0 radical (unpaired) electrons. The number of nitrogens with two attached hydrogens (primary N) is 1. The molecule has 20 heavy (non-hydrogen) atoms. The Hall–Kier alpha value is -0.740. The van der Waals surface area contributed by atoms with Gasteiger partial charge in [-0.3, -0.25) is 0 Å². The Morgan fingerprint density at radius 2 is 1.90 bits per heavy atom. The third-order valence-electron chi connectivity index (χ3n) is 3.74. The van der Waals surface area contributed by atoms with E-state index in [-0.39, 0.29) is 0 Å². The summed E-state index contributed by atoms with van der Waals surface area (Å²) in [6.45, 7) is 8.76. The number of hydrogen-bond donors (Lipinski definition) is 1. The Morgan fingerprint density at radius 3 is 2.55 bits per heavy atom. The lowest BCUT2D eigenvalue weighted by molar-refractivity contribution is 0.295. The van der Waals surface area contributed by atoms with E-state index in [9.17, 15) is 0 Å². The van der Waals surface area contributed by atoms with Gasteiger partial charge in [0.2, 0.25) is 0 Å². The highest BCUT2D eigenvalue weighted by Gasteiger charge is 2.25. The molecule has 1 unspecified atom stereocenters. The topological polar surface area (TPSA) is 44.5 Å². The minimum absolute atomic E-state index is 0.387. The van der Waals surface area contributed by atoms with Gasteiger partial charge in [0.15, 0.2) is 11.5 Å². The van der Waals surface area contributed by atoms with Gasteiger partial charge in [0.05, 0.1) is 13.2 Å². The van der Waals surface area contributed by atoms with E-state index < -0.39 is 0 Å². The summed E-state index contributed by atoms with van der Waals surface area (Å²) < 4.78 is 12.9. The molecule has 3 nitrogen and oxygen atoms in total. The third-order valence-corrected chi connectivity index (χ3v) is 4.39. The molecular weight excluding hydrogens is 318 g/mol. The first-order chi connectivity index (χ1) is 9.56. The smallest absolute Gasteiger partial charge is 0.164 e. The molecule has 0 saturated heterocycles. The second-order valence-electron chi connectivity index (χ2n) is 5.70. The van der Waals surface area contributed by atoms with E-state index in [4.69, 9.17) is 15.2 Å². The third kappa shape index (κ3) is 3.12. The lowest BCUT2D eigenvalue weighted by atomic mass is 9.87. The molecule has 1 aromatic carbocycles. The maximum absolute atomic E-state index is 5.99. The Labute approximate surface area is 130 Å². The van der Waals surface area contributed by atoms with Crippen LogP contribution in [0.15, 0.2) is 10.5 Å². The molecule has 1 aromatic rings. The minimum Gasteiger partial charge on any atom is -0.490 e. The van der Waals surface area contributed by atoms with Crippen LogP contribution in [0.3, 0.4) is 0 Å². The summed E-state index contributed by atoms with van der Waals surface area (Å²) in [6.07, 6.45) is 1.90. The second kappa shape index (κ2) is 6.81. The quantitative estimate of drug-likeness (QED) is 0.892. The molecule has 0 amide bonds. The van der Waals surface area contributed by atoms with E-state index >= 15 is 0 Å². The first kappa shape index (κ1) is 15.6. The molecule has 0 bridgehead atoms. The minimum atomic E-state index is 0.387. The van der Waals surface area contributed by atoms with E-state index in [1.165, 1.54) is 11.1 Å². The van der Waals surface area contributed by atoms with Crippen molar-refractivity contribution in [3.63, 3.8) is 0 Å². The Bertz CT molecular complexity index is 474. The second-order valence-corrected chi connectivity index (χ2v) is 6.55. The van der Waals surface area contributed by atoms with E-state index in [0.717, 1.165) is 35.4 Å². The summed E-state index contributed by atoms with van der Waals surface area (Å²) in [5.41, 5.74) is 8.31. The molecule has 0 aromatic heterocycles. The van der Waals surface area contributed by atoms with Crippen molar-refractivity contribution in [2.45, 2.75) is 45.4 Å². The molecule has 112 valence electrons. The maximum atomic E-state index is 5.99. The van der Waals surface area contributed by atoms with Gasteiger partial charge in [-0.05, 0) is 36.4 Å². The summed E-state index contributed by atoms with van der Waals surface area (Å²) in [5, 5.41) is 0. The summed E-state index contributed by atoms with van der Waals surface area (Å²) in [7, 11) is 0. The molecule has 1 aliphatic rings. The van der Waals surface area contributed by atoms with Gasteiger partial charge in [-0.2, -0.15) is 0 Å². The first-order valence-electron chi connectivity index (χ1n) is 7.38. The van der Waals surface area contributed by atoms with Crippen molar-refractivity contribution in [1.82, 2.24) is 0 Å². The SMILES string of the molecule is CC(C)c1c2c(cc(Br)c1C(C)CCN)OCCCO2. The van der Waals surface area contributed by atoms with Crippen LogP contribution in [0.5, 0.6) is 11.5 Å². The molecular formula is C16H24BrNO2. The van der Waals surface area contributed by atoms with Crippen molar-refractivity contribution in [2.24, 2.45) is 5.73 Å². The monoisotopic (exact) mass is 341 g/mol. The molecule has 0 saturated carbocycles. The van der Waals surface area contributed by atoms with Gasteiger partial charge in [-0.25, -0.2) is 0 Å². The standard InChI is InChI=1S/C16H24BrNO2/c1-10(2)14-15(11(3)5-6-18)12(17)9-13-16(14)20-8-4-7-19-13/h9-11H,4-8,18H2,1-3H3. The van der Waals surface area contributed by atoms with Gasteiger partial charge in [0.1, 0.15) is 0 Å². The van der Waals surface area contributed by atoms with Gasteiger partial charge in [0, 0.05) is 16.5 Å². The first-order valence-corrected chi connectivity index (χ1v) is 8.17. The van der Waals surface area contributed by atoms with Crippen LogP contribution in [0.4, 0.5) is 0 Å².